The first-order chi connectivity index (χ1) is 9.36. The monoisotopic (exact) mass is 256 g/mol. The number of aromatic nitrogens is 1. The highest BCUT2D eigenvalue weighted by molar-refractivity contribution is 5.89. The summed E-state index contributed by atoms with van der Waals surface area (Å²) in [6.45, 7) is 2.63. The molecular formula is C16H20N2O. The SMILES string of the molecule is CCOc1nccc2ccc(NC3CCCC3)cc12. The van der Waals surface area contributed by atoms with E-state index in [1.54, 1.807) is 6.20 Å². The number of nitrogens with zero attached hydrogens (tertiary/aromatic N) is 1. The molecule has 100 valence electrons. The van der Waals surface area contributed by atoms with Crippen LogP contribution in [0.25, 0.3) is 10.8 Å². The van der Waals surface area contributed by atoms with Crippen molar-refractivity contribution in [3.8, 4) is 5.88 Å². The second-order valence-electron chi connectivity index (χ2n) is 5.11. The zero-order valence-electron chi connectivity index (χ0n) is 11.4. The van der Waals surface area contributed by atoms with Gasteiger partial charge < -0.3 is 10.1 Å². The Hall–Kier alpha value is -1.77. The fourth-order valence-corrected chi connectivity index (χ4v) is 2.79. The molecular weight excluding hydrogens is 236 g/mol. The third-order valence-corrected chi connectivity index (χ3v) is 3.74. The molecule has 0 atom stereocenters. The molecule has 2 aromatic rings. The molecule has 0 radical (unpaired) electrons. The Labute approximate surface area is 114 Å². The summed E-state index contributed by atoms with van der Waals surface area (Å²) in [6.07, 6.45) is 7.05. The van der Waals surface area contributed by atoms with Crippen molar-refractivity contribution < 1.29 is 4.74 Å². The molecule has 19 heavy (non-hydrogen) atoms. The van der Waals surface area contributed by atoms with Crippen LogP contribution in [0.5, 0.6) is 5.88 Å². The summed E-state index contributed by atoms with van der Waals surface area (Å²) in [5, 5.41) is 5.89. The first kappa shape index (κ1) is 12.3. The number of benzene rings is 1. The summed E-state index contributed by atoms with van der Waals surface area (Å²) in [5.41, 5.74) is 1.17. The van der Waals surface area contributed by atoms with E-state index in [9.17, 15) is 0 Å². The number of pyridine rings is 1. The lowest BCUT2D eigenvalue weighted by atomic mass is 10.1. The van der Waals surface area contributed by atoms with Crippen molar-refractivity contribution in [1.29, 1.82) is 0 Å². The van der Waals surface area contributed by atoms with Crippen LogP contribution in [0.2, 0.25) is 0 Å². The van der Waals surface area contributed by atoms with E-state index in [4.69, 9.17) is 4.74 Å². The fourth-order valence-electron chi connectivity index (χ4n) is 2.79. The summed E-state index contributed by atoms with van der Waals surface area (Å²) >= 11 is 0. The number of nitrogens with one attached hydrogen (secondary N) is 1. The van der Waals surface area contributed by atoms with Crippen LogP contribution < -0.4 is 10.1 Å². The Kier molecular flexibility index (Phi) is 3.53. The Morgan fingerprint density at radius 2 is 2.11 bits per heavy atom. The van der Waals surface area contributed by atoms with Gasteiger partial charge in [0, 0.05) is 23.3 Å². The van der Waals surface area contributed by atoms with Gasteiger partial charge in [-0.25, -0.2) is 4.98 Å². The minimum absolute atomic E-state index is 0.629. The van der Waals surface area contributed by atoms with Crippen molar-refractivity contribution in [2.45, 2.75) is 38.6 Å². The van der Waals surface area contributed by atoms with Crippen LogP contribution in [0.1, 0.15) is 32.6 Å². The van der Waals surface area contributed by atoms with Gasteiger partial charge in [0.25, 0.3) is 0 Å². The predicted octanol–water partition coefficient (Wildman–Crippen LogP) is 3.99. The number of fused-ring (bicyclic) bond motifs is 1. The summed E-state index contributed by atoms with van der Waals surface area (Å²) in [4.78, 5) is 4.32. The highest BCUT2D eigenvalue weighted by Crippen LogP contribution is 2.28. The van der Waals surface area contributed by atoms with Crippen LogP contribution >= 0.6 is 0 Å². The molecule has 1 aliphatic carbocycles. The second kappa shape index (κ2) is 5.47. The van der Waals surface area contributed by atoms with Crippen molar-refractivity contribution in [3.63, 3.8) is 0 Å². The van der Waals surface area contributed by atoms with Crippen LogP contribution in [0.3, 0.4) is 0 Å². The molecule has 0 bridgehead atoms. The van der Waals surface area contributed by atoms with Crippen molar-refractivity contribution in [2.24, 2.45) is 0 Å². The highest BCUT2D eigenvalue weighted by atomic mass is 16.5. The normalized spacial score (nSPS) is 15.8. The molecule has 1 fully saturated rings. The Bertz CT molecular complexity index is 562. The smallest absolute Gasteiger partial charge is 0.221 e. The molecule has 1 N–H and O–H groups in total. The maximum atomic E-state index is 5.61. The molecule has 3 heteroatoms. The number of rotatable bonds is 4. The average molecular weight is 256 g/mol. The third-order valence-electron chi connectivity index (χ3n) is 3.74. The average Bonchev–Trinajstić information content (AvgIpc) is 2.93. The molecule has 3 rings (SSSR count). The minimum atomic E-state index is 0.629. The lowest BCUT2D eigenvalue weighted by molar-refractivity contribution is 0.331. The van der Waals surface area contributed by atoms with Crippen LogP contribution in [0, 0.1) is 0 Å². The molecule has 1 saturated carbocycles. The Balaban J connectivity index is 1.91. The van der Waals surface area contributed by atoms with E-state index in [-0.39, 0.29) is 0 Å². The van der Waals surface area contributed by atoms with E-state index in [0.29, 0.717) is 12.6 Å². The van der Waals surface area contributed by atoms with Gasteiger partial charge in [0.05, 0.1) is 6.61 Å². The largest absolute Gasteiger partial charge is 0.478 e. The van der Waals surface area contributed by atoms with E-state index in [0.717, 1.165) is 11.3 Å². The number of hydrogen-bond acceptors (Lipinski definition) is 3. The molecule has 1 aromatic carbocycles. The van der Waals surface area contributed by atoms with E-state index in [1.807, 2.05) is 13.0 Å². The number of ether oxygens (including phenoxy) is 1. The molecule has 1 aliphatic rings. The Morgan fingerprint density at radius 1 is 1.26 bits per heavy atom. The quantitative estimate of drug-likeness (QED) is 0.898. The number of hydrogen-bond donors (Lipinski definition) is 1. The van der Waals surface area contributed by atoms with Gasteiger partial charge in [-0.05, 0) is 43.4 Å². The van der Waals surface area contributed by atoms with Gasteiger partial charge in [-0.3, -0.25) is 0 Å². The molecule has 0 aliphatic heterocycles. The molecule has 1 heterocycles. The lowest BCUT2D eigenvalue weighted by Crippen LogP contribution is -2.14. The van der Waals surface area contributed by atoms with E-state index >= 15 is 0 Å². The summed E-state index contributed by atoms with van der Waals surface area (Å²) in [6, 6.07) is 9.10. The van der Waals surface area contributed by atoms with Crippen molar-refractivity contribution >= 4 is 16.5 Å². The van der Waals surface area contributed by atoms with Gasteiger partial charge in [0.1, 0.15) is 0 Å². The van der Waals surface area contributed by atoms with E-state index in [1.165, 1.54) is 36.8 Å². The third kappa shape index (κ3) is 2.65. The molecule has 1 aromatic heterocycles. The minimum Gasteiger partial charge on any atom is -0.478 e. The summed E-state index contributed by atoms with van der Waals surface area (Å²) in [7, 11) is 0. The van der Waals surface area contributed by atoms with E-state index in [2.05, 4.69) is 28.5 Å². The second-order valence-corrected chi connectivity index (χ2v) is 5.11. The standard InChI is InChI=1S/C16H20N2O/c1-2-19-16-15-11-14(18-13-5-3-4-6-13)8-7-12(15)9-10-17-16/h7-11,13,18H,2-6H2,1H3. The van der Waals surface area contributed by atoms with Gasteiger partial charge in [-0.1, -0.05) is 18.9 Å². The maximum Gasteiger partial charge on any atom is 0.221 e. The molecule has 0 spiro atoms. The van der Waals surface area contributed by atoms with Crippen LogP contribution in [0.15, 0.2) is 30.5 Å². The first-order valence-corrected chi connectivity index (χ1v) is 7.15. The van der Waals surface area contributed by atoms with Crippen LogP contribution in [-0.2, 0) is 0 Å². The molecule has 0 saturated heterocycles. The fraction of sp³-hybridized carbons (Fsp3) is 0.438. The van der Waals surface area contributed by atoms with Gasteiger partial charge in [-0.15, -0.1) is 0 Å². The Morgan fingerprint density at radius 3 is 2.89 bits per heavy atom. The zero-order valence-corrected chi connectivity index (χ0v) is 11.4. The maximum absolute atomic E-state index is 5.61. The van der Waals surface area contributed by atoms with E-state index < -0.39 is 0 Å². The van der Waals surface area contributed by atoms with Gasteiger partial charge >= 0.3 is 0 Å². The van der Waals surface area contributed by atoms with Crippen molar-refractivity contribution in [2.75, 3.05) is 11.9 Å². The summed E-state index contributed by atoms with van der Waals surface area (Å²) in [5.74, 6) is 0.732. The van der Waals surface area contributed by atoms with Gasteiger partial charge in [0.15, 0.2) is 0 Å². The molecule has 0 amide bonds. The molecule has 0 unspecified atom stereocenters. The highest BCUT2D eigenvalue weighted by Gasteiger charge is 2.14. The number of anilines is 1. The first-order valence-electron chi connectivity index (χ1n) is 7.15. The predicted molar refractivity (Wildman–Crippen MR) is 78.8 cm³/mol. The van der Waals surface area contributed by atoms with Crippen LogP contribution in [-0.4, -0.2) is 17.6 Å². The summed E-state index contributed by atoms with van der Waals surface area (Å²) < 4.78 is 5.61. The lowest BCUT2D eigenvalue weighted by Gasteiger charge is -2.14. The van der Waals surface area contributed by atoms with Crippen LogP contribution in [0.4, 0.5) is 5.69 Å². The zero-order chi connectivity index (χ0) is 13.1. The van der Waals surface area contributed by atoms with Gasteiger partial charge in [-0.2, -0.15) is 0 Å². The van der Waals surface area contributed by atoms with Gasteiger partial charge in [0.2, 0.25) is 5.88 Å². The van der Waals surface area contributed by atoms with Crippen molar-refractivity contribution in [1.82, 2.24) is 4.98 Å². The topological polar surface area (TPSA) is 34.1 Å². The molecule has 3 nitrogen and oxygen atoms in total. The van der Waals surface area contributed by atoms with Crippen molar-refractivity contribution in [3.05, 3.63) is 30.5 Å².